The summed E-state index contributed by atoms with van der Waals surface area (Å²) in [6.07, 6.45) is 1.72. The first-order valence-electron chi connectivity index (χ1n) is 13.3. The predicted octanol–water partition coefficient (Wildman–Crippen LogP) is 6.77. The number of halogens is 3. The van der Waals surface area contributed by atoms with Crippen LogP contribution in [0.25, 0.3) is 6.08 Å². The number of nitro groups is 1. The molecule has 0 amide bonds. The molecule has 226 valence electrons. The zero-order chi connectivity index (χ0) is 31.7. The Bertz CT molecular complexity index is 2020. The van der Waals surface area contributed by atoms with Gasteiger partial charge in [0.05, 0.1) is 42.3 Å². The fourth-order valence-corrected chi connectivity index (χ4v) is 7.51. The number of carbonyl (C=O) groups excluding carboxylic acids is 1. The van der Waals surface area contributed by atoms with Crippen molar-refractivity contribution in [1.82, 2.24) is 4.57 Å². The number of rotatable bonds is 8. The molecule has 9 nitrogen and oxygen atoms in total. The minimum Gasteiger partial charge on any atom is -0.486 e. The van der Waals surface area contributed by atoms with Crippen molar-refractivity contribution in [2.75, 3.05) is 6.61 Å². The van der Waals surface area contributed by atoms with E-state index in [1.807, 2.05) is 30.3 Å². The van der Waals surface area contributed by atoms with Crippen molar-refractivity contribution in [1.29, 1.82) is 0 Å². The van der Waals surface area contributed by atoms with E-state index in [0.717, 1.165) is 16.9 Å². The highest BCUT2D eigenvalue weighted by molar-refractivity contribution is 9.11. The number of fused-ring (bicyclic) bond motifs is 1. The van der Waals surface area contributed by atoms with E-state index in [0.29, 0.717) is 51.4 Å². The zero-order valence-corrected chi connectivity index (χ0v) is 28.3. The van der Waals surface area contributed by atoms with Crippen molar-refractivity contribution in [2.45, 2.75) is 33.4 Å². The van der Waals surface area contributed by atoms with Crippen molar-refractivity contribution in [2.24, 2.45) is 4.99 Å². The lowest BCUT2D eigenvalue weighted by Gasteiger charge is -2.24. The molecule has 1 atom stereocenters. The molecular weight excluding hydrogens is 738 g/mol. The predicted molar refractivity (Wildman–Crippen MR) is 176 cm³/mol. The van der Waals surface area contributed by atoms with E-state index in [-0.39, 0.29) is 24.5 Å². The summed E-state index contributed by atoms with van der Waals surface area (Å²) >= 11 is 14.6. The number of allylic oxidation sites excluding steroid dienone is 1. The van der Waals surface area contributed by atoms with Gasteiger partial charge in [0.1, 0.15) is 12.4 Å². The van der Waals surface area contributed by atoms with Crippen LogP contribution in [0.5, 0.6) is 5.75 Å². The summed E-state index contributed by atoms with van der Waals surface area (Å²) in [6, 6.07) is 14.8. The number of aryl methyl sites for hydroxylation is 1. The van der Waals surface area contributed by atoms with Gasteiger partial charge in [0.2, 0.25) is 0 Å². The highest BCUT2D eigenvalue weighted by Crippen LogP contribution is 2.36. The van der Waals surface area contributed by atoms with Crippen molar-refractivity contribution in [3.05, 3.63) is 132 Å². The van der Waals surface area contributed by atoms with E-state index in [1.165, 1.54) is 10.6 Å². The van der Waals surface area contributed by atoms with Crippen LogP contribution in [0.1, 0.15) is 42.1 Å². The number of hydrogen-bond donors (Lipinski definition) is 0. The topological polar surface area (TPSA) is 113 Å². The molecule has 5 rings (SSSR count). The van der Waals surface area contributed by atoms with Gasteiger partial charge in [-0.2, -0.15) is 0 Å². The van der Waals surface area contributed by atoms with Crippen LogP contribution in [0.3, 0.4) is 0 Å². The Morgan fingerprint density at radius 2 is 1.86 bits per heavy atom. The monoisotopic (exact) mass is 759 g/mol. The third-order valence-corrected chi connectivity index (χ3v) is 9.44. The van der Waals surface area contributed by atoms with Gasteiger partial charge in [-0.3, -0.25) is 19.5 Å². The highest BCUT2D eigenvalue weighted by Gasteiger charge is 2.34. The molecule has 1 aliphatic rings. The van der Waals surface area contributed by atoms with Crippen LogP contribution in [0.4, 0.5) is 5.69 Å². The van der Waals surface area contributed by atoms with Gasteiger partial charge in [-0.05, 0) is 88.0 Å². The van der Waals surface area contributed by atoms with Gasteiger partial charge >= 0.3 is 5.97 Å². The lowest BCUT2D eigenvalue weighted by molar-refractivity contribution is -0.385. The summed E-state index contributed by atoms with van der Waals surface area (Å²) in [5.41, 5.74) is 2.39. The average molecular weight is 762 g/mol. The third-order valence-electron chi connectivity index (χ3n) is 6.91. The van der Waals surface area contributed by atoms with Crippen LogP contribution in [0, 0.1) is 17.0 Å². The second-order valence-electron chi connectivity index (χ2n) is 9.80. The molecule has 0 radical (unpaired) electrons. The molecule has 1 aliphatic heterocycles. The van der Waals surface area contributed by atoms with Crippen LogP contribution >= 0.6 is 54.8 Å². The lowest BCUT2D eigenvalue weighted by Crippen LogP contribution is -2.40. The quantitative estimate of drug-likeness (QED) is 0.111. The summed E-state index contributed by atoms with van der Waals surface area (Å²) in [4.78, 5) is 43.3. The normalized spacial score (nSPS) is 14.7. The number of hydrogen-bond acceptors (Lipinski definition) is 8. The summed E-state index contributed by atoms with van der Waals surface area (Å²) in [7, 11) is 0. The Balaban J connectivity index is 1.60. The molecule has 1 aromatic heterocycles. The number of nitro benzene ring substituents is 1. The van der Waals surface area contributed by atoms with Crippen LogP contribution < -0.4 is 19.6 Å². The molecule has 44 heavy (non-hydrogen) atoms. The Labute approximate surface area is 277 Å². The molecular formula is C31H24Br2ClN3O6S. The van der Waals surface area contributed by atoms with E-state index in [9.17, 15) is 19.7 Å². The number of ether oxygens (including phenoxy) is 2. The molecule has 0 saturated carbocycles. The molecule has 13 heteroatoms. The SMILES string of the molecule is CCOC(=O)C1=C(C)N=c2s/c(=C/c3cc(Br)c(OCc4ccccc4Cl)c(Br)c3)c(=O)n2[C@H]1c1ccc(C)c([N+](=O)[O-])c1. The summed E-state index contributed by atoms with van der Waals surface area (Å²) in [5.74, 6) is -0.0734. The van der Waals surface area contributed by atoms with Gasteiger partial charge < -0.3 is 9.47 Å². The minimum atomic E-state index is -0.967. The van der Waals surface area contributed by atoms with Crippen molar-refractivity contribution in [3.63, 3.8) is 0 Å². The van der Waals surface area contributed by atoms with Crippen molar-refractivity contribution < 1.29 is 19.2 Å². The number of nitrogens with zero attached hydrogens (tertiary/aromatic N) is 3. The second kappa shape index (κ2) is 13.2. The standard InChI is InChI=1S/C31H24Br2ClN3O6S/c1-4-42-30(39)26-17(3)35-31-36(27(26)19-10-9-16(2)24(14-19)37(40)41)29(38)25(44-31)13-18-11-21(32)28(22(33)12-18)43-15-20-7-5-6-8-23(20)34/h5-14,27H,4,15H2,1-3H3/b25-13+/t27-/m0/s1. The van der Waals surface area contributed by atoms with Crippen LogP contribution in [0.15, 0.2) is 84.6 Å². The molecule has 4 aromatic rings. The van der Waals surface area contributed by atoms with Gasteiger partial charge in [-0.15, -0.1) is 0 Å². The van der Waals surface area contributed by atoms with E-state index in [4.69, 9.17) is 21.1 Å². The second-order valence-corrected chi connectivity index (χ2v) is 12.9. The molecule has 0 bridgehead atoms. The Morgan fingerprint density at radius 3 is 2.52 bits per heavy atom. The first kappa shape index (κ1) is 31.8. The van der Waals surface area contributed by atoms with Crippen LogP contribution in [-0.4, -0.2) is 22.1 Å². The van der Waals surface area contributed by atoms with Crippen molar-refractivity contribution in [3.8, 4) is 5.75 Å². The molecule has 0 unspecified atom stereocenters. The number of benzene rings is 3. The molecule has 2 heterocycles. The number of aromatic nitrogens is 1. The van der Waals surface area contributed by atoms with Gasteiger partial charge in [-0.25, -0.2) is 9.79 Å². The lowest BCUT2D eigenvalue weighted by atomic mass is 9.94. The van der Waals surface area contributed by atoms with E-state index in [1.54, 1.807) is 45.0 Å². The van der Waals surface area contributed by atoms with Crippen molar-refractivity contribution >= 4 is 72.5 Å². The fraction of sp³-hybridized carbons (Fsp3) is 0.194. The highest BCUT2D eigenvalue weighted by atomic mass is 79.9. The Morgan fingerprint density at radius 1 is 1.16 bits per heavy atom. The van der Waals surface area contributed by atoms with Crippen LogP contribution in [-0.2, 0) is 16.1 Å². The van der Waals surface area contributed by atoms with E-state index < -0.39 is 22.5 Å². The van der Waals surface area contributed by atoms with Gasteiger partial charge in [0, 0.05) is 22.2 Å². The first-order chi connectivity index (χ1) is 21.0. The molecule has 0 aliphatic carbocycles. The molecule has 0 spiro atoms. The summed E-state index contributed by atoms with van der Waals surface area (Å²) in [5, 5.41) is 12.4. The largest absolute Gasteiger partial charge is 0.486 e. The summed E-state index contributed by atoms with van der Waals surface area (Å²) in [6.45, 7) is 5.34. The Kier molecular flexibility index (Phi) is 9.54. The van der Waals surface area contributed by atoms with Gasteiger partial charge in [0.25, 0.3) is 11.2 Å². The Hall–Kier alpha value is -3.58. The van der Waals surface area contributed by atoms with E-state index in [2.05, 4.69) is 36.9 Å². The fourth-order valence-electron chi connectivity index (χ4n) is 4.82. The molecule has 0 N–H and O–H groups in total. The maximum atomic E-state index is 14.0. The molecule has 0 fully saturated rings. The van der Waals surface area contributed by atoms with Gasteiger partial charge in [0.15, 0.2) is 4.80 Å². The average Bonchev–Trinajstić information content (AvgIpc) is 3.26. The van der Waals surface area contributed by atoms with Crippen LogP contribution in [0.2, 0.25) is 5.02 Å². The minimum absolute atomic E-state index is 0.114. The van der Waals surface area contributed by atoms with Gasteiger partial charge in [-0.1, -0.05) is 53.3 Å². The smallest absolute Gasteiger partial charge is 0.338 e. The van der Waals surface area contributed by atoms with E-state index >= 15 is 0 Å². The maximum absolute atomic E-state index is 14.0. The number of thiazole rings is 1. The summed E-state index contributed by atoms with van der Waals surface area (Å²) < 4.78 is 14.4. The number of carbonyl (C=O) groups is 1. The maximum Gasteiger partial charge on any atom is 0.338 e. The zero-order valence-electron chi connectivity index (χ0n) is 23.6. The number of esters is 1. The molecule has 0 saturated heterocycles. The molecule has 3 aromatic carbocycles. The third kappa shape index (κ3) is 6.30. The first-order valence-corrected chi connectivity index (χ1v) is 16.1.